The predicted molar refractivity (Wildman–Crippen MR) is 73.4 cm³/mol. The number of rotatable bonds is 5. The van der Waals surface area contributed by atoms with Crippen molar-refractivity contribution in [2.24, 2.45) is 0 Å². The topological polar surface area (TPSA) is 24.9 Å². The molecule has 1 heterocycles. The zero-order valence-electron chi connectivity index (χ0n) is 10.6. The van der Waals surface area contributed by atoms with Crippen LogP contribution in [0.25, 0.3) is 0 Å². The van der Waals surface area contributed by atoms with Crippen LogP contribution in [0.2, 0.25) is 0 Å². The van der Waals surface area contributed by atoms with Crippen molar-refractivity contribution >= 4 is 11.3 Å². The molecule has 0 aliphatic heterocycles. The molecule has 96 valence electrons. The van der Waals surface area contributed by atoms with E-state index in [4.69, 9.17) is 0 Å². The Labute approximate surface area is 111 Å². The van der Waals surface area contributed by atoms with E-state index < -0.39 is 0 Å². The van der Waals surface area contributed by atoms with Crippen LogP contribution >= 0.6 is 11.3 Å². The summed E-state index contributed by atoms with van der Waals surface area (Å²) in [6, 6.07) is 6.78. The van der Waals surface area contributed by atoms with Gasteiger partial charge in [0.2, 0.25) is 0 Å². The molecule has 4 heteroatoms. The minimum Gasteiger partial charge on any atom is -0.306 e. The van der Waals surface area contributed by atoms with E-state index in [0.29, 0.717) is 0 Å². The van der Waals surface area contributed by atoms with Crippen molar-refractivity contribution in [3.8, 4) is 0 Å². The van der Waals surface area contributed by atoms with Gasteiger partial charge in [-0.3, -0.25) is 0 Å². The van der Waals surface area contributed by atoms with Crippen LogP contribution in [-0.2, 0) is 0 Å². The zero-order valence-corrected chi connectivity index (χ0v) is 11.4. The first-order chi connectivity index (χ1) is 8.70. The Hall–Kier alpha value is -1.26. The van der Waals surface area contributed by atoms with E-state index in [1.165, 1.54) is 17.0 Å². The van der Waals surface area contributed by atoms with Crippen LogP contribution in [0.1, 0.15) is 34.8 Å². The van der Waals surface area contributed by atoms with Gasteiger partial charge in [-0.05, 0) is 37.6 Å². The Balaban J connectivity index is 2.27. The van der Waals surface area contributed by atoms with E-state index in [-0.39, 0.29) is 11.9 Å². The normalized spacial score (nSPS) is 12.6. The molecule has 0 spiro atoms. The van der Waals surface area contributed by atoms with Crippen LogP contribution in [0.4, 0.5) is 4.39 Å². The molecule has 0 saturated carbocycles. The van der Waals surface area contributed by atoms with Crippen LogP contribution in [0.15, 0.2) is 30.5 Å². The fraction of sp³-hybridized carbons (Fsp3) is 0.357. The highest BCUT2D eigenvalue weighted by atomic mass is 32.1. The quantitative estimate of drug-likeness (QED) is 0.891. The van der Waals surface area contributed by atoms with Crippen molar-refractivity contribution in [1.82, 2.24) is 10.3 Å². The van der Waals surface area contributed by atoms with Gasteiger partial charge in [-0.15, -0.1) is 11.3 Å². The smallest absolute Gasteiger partial charge is 0.123 e. The number of hydrogen-bond donors (Lipinski definition) is 1. The summed E-state index contributed by atoms with van der Waals surface area (Å²) in [6.07, 6.45) is 2.96. The first-order valence-corrected chi connectivity index (χ1v) is 6.93. The van der Waals surface area contributed by atoms with E-state index in [1.54, 1.807) is 11.3 Å². The average molecular weight is 264 g/mol. The van der Waals surface area contributed by atoms with Gasteiger partial charge in [0.25, 0.3) is 0 Å². The minimum absolute atomic E-state index is 0.108. The first-order valence-electron chi connectivity index (χ1n) is 6.12. The second kappa shape index (κ2) is 6.07. The SMILES string of the molecule is CCCNC(c1ccc(F)cc1)c1cnc(C)s1. The molecular weight excluding hydrogens is 247 g/mol. The third-order valence-corrected chi connectivity index (χ3v) is 3.70. The summed E-state index contributed by atoms with van der Waals surface area (Å²) in [5.74, 6) is -0.200. The lowest BCUT2D eigenvalue weighted by Crippen LogP contribution is -2.22. The van der Waals surface area contributed by atoms with Gasteiger partial charge >= 0.3 is 0 Å². The van der Waals surface area contributed by atoms with E-state index in [2.05, 4.69) is 17.2 Å². The standard InChI is InChI=1S/C14H17FN2S/c1-3-8-16-14(13-9-17-10(2)18-13)11-4-6-12(15)7-5-11/h4-7,9,14,16H,3,8H2,1-2H3. The fourth-order valence-electron chi connectivity index (χ4n) is 1.84. The maximum atomic E-state index is 13.0. The molecule has 2 rings (SSSR count). The summed E-state index contributed by atoms with van der Waals surface area (Å²) in [4.78, 5) is 5.47. The lowest BCUT2D eigenvalue weighted by Gasteiger charge is -2.17. The van der Waals surface area contributed by atoms with Crippen LogP contribution in [0.5, 0.6) is 0 Å². The van der Waals surface area contributed by atoms with Gasteiger partial charge in [-0.2, -0.15) is 0 Å². The second-order valence-electron chi connectivity index (χ2n) is 4.22. The Morgan fingerprint density at radius 3 is 2.61 bits per heavy atom. The summed E-state index contributed by atoms with van der Waals surface area (Å²) in [7, 11) is 0. The summed E-state index contributed by atoms with van der Waals surface area (Å²) < 4.78 is 13.0. The average Bonchev–Trinajstić information content (AvgIpc) is 2.78. The Morgan fingerprint density at radius 2 is 2.06 bits per heavy atom. The van der Waals surface area contributed by atoms with Gasteiger partial charge in [-0.1, -0.05) is 19.1 Å². The molecule has 1 unspecified atom stereocenters. The monoisotopic (exact) mass is 264 g/mol. The molecule has 0 saturated heterocycles. The van der Waals surface area contributed by atoms with Gasteiger partial charge in [0.05, 0.1) is 11.0 Å². The Bertz CT molecular complexity index is 493. The van der Waals surface area contributed by atoms with Gasteiger partial charge in [-0.25, -0.2) is 9.37 Å². The molecule has 18 heavy (non-hydrogen) atoms. The maximum absolute atomic E-state index is 13.0. The highest BCUT2D eigenvalue weighted by Crippen LogP contribution is 2.26. The van der Waals surface area contributed by atoms with E-state index >= 15 is 0 Å². The van der Waals surface area contributed by atoms with Crippen molar-refractivity contribution in [3.63, 3.8) is 0 Å². The van der Waals surface area contributed by atoms with E-state index in [1.807, 2.05) is 25.3 Å². The number of benzene rings is 1. The first kappa shape index (κ1) is 13.2. The van der Waals surface area contributed by atoms with E-state index in [9.17, 15) is 4.39 Å². The molecule has 1 aromatic carbocycles. The van der Waals surface area contributed by atoms with Crippen molar-refractivity contribution < 1.29 is 4.39 Å². The molecule has 0 radical (unpaired) electrons. The Kier molecular flexibility index (Phi) is 4.44. The third-order valence-electron chi connectivity index (χ3n) is 2.73. The lowest BCUT2D eigenvalue weighted by atomic mass is 10.1. The fourth-order valence-corrected chi connectivity index (χ4v) is 2.73. The van der Waals surface area contributed by atoms with Gasteiger partial charge in [0.15, 0.2) is 0 Å². The van der Waals surface area contributed by atoms with Crippen LogP contribution in [-0.4, -0.2) is 11.5 Å². The molecule has 1 atom stereocenters. The molecule has 2 nitrogen and oxygen atoms in total. The van der Waals surface area contributed by atoms with Crippen molar-refractivity contribution in [3.05, 3.63) is 51.7 Å². The summed E-state index contributed by atoms with van der Waals surface area (Å²) >= 11 is 1.68. The van der Waals surface area contributed by atoms with Crippen molar-refractivity contribution in [2.75, 3.05) is 6.54 Å². The minimum atomic E-state index is -0.200. The predicted octanol–water partition coefficient (Wildman–Crippen LogP) is 3.68. The number of thiazole rings is 1. The van der Waals surface area contributed by atoms with Gasteiger partial charge < -0.3 is 5.32 Å². The lowest BCUT2D eigenvalue weighted by molar-refractivity contribution is 0.598. The van der Waals surface area contributed by atoms with E-state index in [0.717, 1.165) is 23.5 Å². The molecule has 0 bridgehead atoms. The number of hydrogen-bond acceptors (Lipinski definition) is 3. The van der Waals surface area contributed by atoms with Gasteiger partial charge in [0.1, 0.15) is 5.82 Å². The van der Waals surface area contributed by atoms with Crippen molar-refractivity contribution in [2.45, 2.75) is 26.3 Å². The van der Waals surface area contributed by atoms with Crippen LogP contribution < -0.4 is 5.32 Å². The molecular formula is C14H17FN2S. The number of nitrogens with zero attached hydrogens (tertiary/aromatic N) is 1. The molecule has 0 aliphatic rings. The summed E-state index contributed by atoms with van der Waals surface area (Å²) in [6.45, 7) is 5.06. The molecule has 2 aromatic rings. The summed E-state index contributed by atoms with van der Waals surface area (Å²) in [5, 5.41) is 4.53. The molecule has 1 aromatic heterocycles. The largest absolute Gasteiger partial charge is 0.306 e. The highest BCUT2D eigenvalue weighted by molar-refractivity contribution is 7.11. The highest BCUT2D eigenvalue weighted by Gasteiger charge is 2.15. The summed E-state index contributed by atoms with van der Waals surface area (Å²) in [5.41, 5.74) is 1.08. The molecule has 0 aliphatic carbocycles. The second-order valence-corrected chi connectivity index (χ2v) is 5.49. The van der Waals surface area contributed by atoms with Crippen molar-refractivity contribution in [1.29, 1.82) is 0 Å². The molecule has 0 amide bonds. The maximum Gasteiger partial charge on any atom is 0.123 e. The third kappa shape index (κ3) is 3.15. The number of nitrogens with one attached hydrogen (secondary N) is 1. The molecule has 0 fully saturated rings. The number of halogens is 1. The number of aromatic nitrogens is 1. The van der Waals surface area contributed by atoms with Gasteiger partial charge in [0, 0.05) is 11.1 Å². The molecule has 1 N–H and O–H groups in total. The van der Waals surface area contributed by atoms with Crippen LogP contribution in [0.3, 0.4) is 0 Å². The number of aryl methyl sites for hydroxylation is 1. The zero-order chi connectivity index (χ0) is 13.0. The van der Waals surface area contributed by atoms with Crippen LogP contribution in [0, 0.1) is 12.7 Å². The Morgan fingerprint density at radius 1 is 1.33 bits per heavy atom.